The number of thiophene rings is 1. The van der Waals surface area contributed by atoms with Gasteiger partial charge in [0.15, 0.2) is 11.5 Å². The van der Waals surface area contributed by atoms with Crippen molar-refractivity contribution in [1.82, 2.24) is 29.6 Å². The molecule has 2 saturated heterocycles. The number of urea groups is 1. The lowest BCUT2D eigenvalue weighted by atomic mass is 10.0. The lowest BCUT2D eigenvalue weighted by Gasteiger charge is -2.32. The third-order valence-corrected chi connectivity index (χ3v) is 8.64. The van der Waals surface area contributed by atoms with Crippen LogP contribution in [0.3, 0.4) is 0 Å². The highest BCUT2D eigenvalue weighted by atomic mass is 32.1. The molecule has 0 saturated carbocycles. The van der Waals surface area contributed by atoms with Gasteiger partial charge in [-0.2, -0.15) is 16.4 Å². The number of nitrogens with zero attached hydrogens (tertiary/aromatic N) is 7. The number of hydrogen-bond acceptors (Lipinski definition) is 9. The number of likely N-dealkylation sites (tertiary alicyclic amines) is 1. The third kappa shape index (κ3) is 6.21. The first-order chi connectivity index (χ1) is 21.2. The number of ether oxygens (including phenoxy) is 1. The second-order valence-electron chi connectivity index (χ2n) is 10.8. The zero-order valence-corrected chi connectivity index (χ0v) is 24.5. The molecule has 2 N–H and O–H groups in total. The van der Waals surface area contributed by atoms with Crippen LogP contribution in [0.15, 0.2) is 71.8 Å². The topological polar surface area (TPSA) is 113 Å². The molecule has 12 heteroatoms. The van der Waals surface area contributed by atoms with Crippen LogP contribution in [0.5, 0.6) is 0 Å². The van der Waals surface area contributed by atoms with Gasteiger partial charge in [0.1, 0.15) is 5.82 Å². The van der Waals surface area contributed by atoms with E-state index in [2.05, 4.69) is 36.2 Å². The van der Waals surface area contributed by atoms with Gasteiger partial charge >= 0.3 is 6.03 Å². The van der Waals surface area contributed by atoms with Crippen LogP contribution in [0, 0.1) is 0 Å². The number of anilines is 3. The summed E-state index contributed by atoms with van der Waals surface area (Å²) in [5.74, 6) is 1.53. The molecule has 2 aliphatic rings. The largest absolute Gasteiger partial charge is 0.378 e. The number of carbonyl (C=O) groups excluding carboxylic acids is 1. The van der Waals surface area contributed by atoms with Crippen LogP contribution >= 0.6 is 11.3 Å². The van der Waals surface area contributed by atoms with Crippen molar-refractivity contribution in [3.05, 3.63) is 77.4 Å². The molecular weight excluding hydrogens is 562 g/mol. The van der Waals surface area contributed by atoms with Crippen molar-refractivity contribution in [3.8, 4) is 11.4 Å². The summed E-state index contributed by atoms with van der Waals surface area (Å²) < 4.78 is 7.73. The van der Waals surface area contributed by atoms with Crippen molar-refractivity contribution in [2.45, 2.75) is 25.4 Å². The highest BCUT2D eigenvalue weighted by Gasteiger charge is 2.26. The normalized spacial score (nSPS) is 16.4. The molecule has 0 radical (unpaired) electrons. The van der Waals surface area contributed by atoms with Crippen molar-refractivity contribution in [3.63, 3.8) is 0 Å². The monoisotopic (exact) mass is 595 g/mol. The molecule has 7 rings (SSSR count). The van der Waals surface area contributed by atoms with Gasteiger partial charge < -0.3 is 20.3 Å². The standard InChI is InChI=1S/C31H33N9O2S/c41-31(35-25-9-17-43-21-25)34-24-5-3-23(4-6-24)28-36-29(39-13-15-42-16-14-39)27-19-33-40(30(27)37-28)26-7-11-38(12-8-26)20-22-2-1-10-32-18-22/h1-6,9-10,17-19,21,26H,7-8,11-16,20H2,(H2,34,35,41). The Kier molecular flexibility index (Phi) is 7.95. The molecule has 5 aromatic rings. The molecule has 0 aliphatic carbocycles. The number of hydrogen-bond donors (Lipinski definition) is 2. The number of amides is 2. The number of pyridine rings is 1. The van der Waals surface area contributed by atoms with Crippen LogP contribution in [-0.4, -0.2) is 75.1 Å². The maximum Gasteiger partial charge on any atom is 0.323 e. The Balaban J connectivity index is 1.13. The number of rotatable bonds is 7. The second kappa shape index (κ2) is 12.5. The van der Waals surface area contributed by atoms with Crippen LogP contribution in [0.1, 0.15) is 24.4 Å². The first-order valence-corrected chi connectivity index (χ1v) is 15.5. The average Bonchev–Trinajstić information content (AvgIpc) is 3.72. The fourth-order valence-corrected chi connectivity index (χ4v) is 6.31. The van der Waals surface area contributed by atoms with E-state index in [4.69, 9.17) is 19.8 Å². The van der Waals surface area contributed by atoms with Crippen molar-refractivity contribution in [2.75, 3.05) is 54.9 Å². The van der Waals surface area contributed by atoms with Crippen LogP contribution in [0.2, 0.25) is 0 Å². The number of carbonyl (C=O) groups is 1. The lowest BCUT2D eigenvalue weighted by molar-refractivity contribution is 0.122. The fraction of sp³-hybridized carbons (Fsp3) is 0.323. The molecule has 220 valence electrons. The summed E-state index contributed by atoms with van der Waals surface area (Å²) in [6.07, 6.45) is 7.68. The molecule has 6 heterocycles. The summed E-state index contributed by atoms with van der Waals surface area (Å²) in [4.78, 5) is 31.5. The number of piperidine rings is 1. The minimum atomic E-state index is -0.284. The molecule has 0 spiro atoms. The van der Waals surface area contributed by atoms with E-state index in [1.807, 2.05) is 65.7 Å². The van der Waals surface area contributed by atoms with Gasteiger partial charge in [-0.3, -0.25) is 9.88 Å². The van der Waals surface area contributed by atoms with Crippen molar-refractivity contribution >= 4 is 45.6 Å². The van der Waals surface area contributed by atoms with Gasteiger partial charge in [0, 0.05) is 61.7 Å². The number of benzene rings is 1. The van der Waals surface area contributed by atoms with Crippen molar-refractivity contribution < 1.29 is 9.53 Å². The minimum absolute atomic E-state index is 0.260. The smallest absolute Gasteiger partial charge is 0.323 e. The molecule has 0 atom stereocenters. The highest BCUT2D eigenvalue weighted by Crippen LogP contribution is 2.32. The Labute approximate surface area is 253 Å². The number of morpholine rings is 1. The number of nitrogens with one attached hydrogen (secondary N) is 2. The molecule has 4 aromatic heterocycles. The minimum Gasteiger partial charge on any atom is -0.378 e. The van der Waals surface area contributed by atoms with Gasteiger partial charge in [-0.1, -0.05) is 6.07 Å². The van der Waals surface area contributed by atoms with E-state index >= 15 is 0 Å². The van der Waals surface area contributed by atoms with Crippen LogP contribution in [-0.2, 0) is 11.3 Å². The summed E-state index contributed by atoms with van der Waals surface area (Å²) in [6, 6.07) is 13.6. The first-order valence-electron chi connectivity index (χ1n) is 14.6. The molecule has 11 nitrogen and oxygen atoms in total. The van der Waals surface area contributed by atoms with Gasteiger partial charge in [-0.05, 0) is 60.2 Å². The summed E-state index contributed by atoms with van der Waals surface area (Å²) in [5.41, 5.74) is 4.43. The molecule has 2 amide bonds. The van der Waals surface area contributed by atoms with Crippen LogP contribution in [0.25, 0.3) is 22.4 Å². The summed E-state index contributed by atoms with van der Waals surface area (Å²) in [6.45, 7) is 5.76. The van der Waals surface area contributed by atoms with E-state index in [0.29, 0.717) is 24.7 Å². The molecule has 2 fully saturated rings. The van der Waals surface area contributed by atoms with E-state index < -0.39 is 0 Å². The first kappa shape index (κ1) is 27.4. The van der Waals surface area contributed by atoms with Gasteiger partial charge in [-0.15, -0.1) is 0 Å². The second-order valence-corrected chi connectivity index (χ2v) is 11.6. The molecule has 43 heavy (non-hydrogen) atoms. The number of fused-ring (bicyclic) bond motifs is 1. The van der Waals surface area contributed by atoms with Gasteiger partial charge in [0.05, 0.1) is 36.5 Å². The SMILES string of the molecule is O=C(Nc1ccc(-c2nc(N3CCOCC3)c3cnn(C4CCN(Cc5cccnc5)CC4)c3n2)cc1)Nc1ccsc1. The Hall–Kier alpha value is -4.39. The van der Waals surface area contributed by atoms with E-state index in [1.54, 1.807) is 0 Å². The van der Waals surface area contributed by atoms with Gasteiger partial charge in [0.25, 0.3) is 0 Å². The lowest BCUT2D eigenvalue weighted by Crippen LogP contribution is -2.37. The van der Waals surface area contributed by atoms with E-state index in [9.17, 15) is 4.79 Å². The van der Waals surface area contributed by atoms with Crippen molar-refractivity contribution in [1.29, 1.82) is 0 Å². The maximum absolute atomic E-state index is 12.4. The Morgan fingerprint density at radius 1 is 0.953 bits per heavy atom. The summed E-state index contributed by atoms with van der Waals surface area (Å²) >= 11 is 1.53. The Morgan fingerprint density at radius 2 is 1.77 bits per heavy atom. The van der Waals surface area contributed by atoms with Gasteiger partial charge in [0.2, 0.25) is 0 Å². The molecule has 0 unspecified atom stereocenters. The molecule has 2 aliphatic heterocycles. The zero-order valence-electron chi connectivity index (χ0n) is 23.7. The van der Waals surface area contributed by atoms with E-state index in [1.165, 1.54) is 16.9 Å². The highest BCUT2D eigenvalue weighted by molar-refractivity contribution is 7.08. The molecular formula is C31H33N9O2S. The predicted octanol–water partition coefficient (Wildman–Crippen LogP) is 5.27. The van der Waals surface area contributed by atoms with E-state index in [0.717, 1.165) is 73.7 Å². The van der Waals surface area contributed by atoms with Crippen molar-refractivity contribution in [2.24, 2.45) is 0 Å². The zero-order chi connectivity index (χ0) is 29.0. The number of aromatic nitrogens is 5. The van der Waals surface area contributed by atoms with Gasteiger partial charge in [-0.25, -0.2) is 19.4 Å². The Bertz CT molecular complexity index is 1660. The quantitative estimate of drug-likeness (QED) is 0.262. The third-order valence-electron chi connectivity index (χ3n) is 7.96. The average molecular weight is 596 g/mol. The maximum atomic E-state index is 12.4. The van der Waals surface area contributed by atoms with Crippen LogP contribution < -0.4 is 15.5 Å². The molecule has 1 aromatic carbocycles. The Morgan fingerprint density at radius 3 is 2.51 bits per heavy atom. The summed E-state index contributed by atoms with van der Waals surface area (Å²) in [5, 5.41) is 15.4. The van der Waals surface area contributed by atoms with E-state index in [-0.39, 0.29) is 12.1 Å². The summed E-state index contributed by atoms with van der Waals surface area (Å²) in [7, 11) is 0. The predicted molar refractivity (Wildman–Crippen MR) is 169 cm³/mol. The molecule has 0 bridgehead atoms. The van der Waals surface area contributed by atoms with Crippen LogP contribution in [0.4, 0.5) is 22.0 Å². The fourth-order valence-electron chi connectivity index (χ4n) is 5.73.